The number of alkyl halides is 3. The monoisotopic (exact) mass is 562 g/mol. The van der Waals surface area contributed by atoms with Gasteiger partial charge in [-0.2, -0.15) is 23.4 Å². The molecule has 0 bridgehead atoms. The highest BCUT2D eigenvalue weighted by Gasteiger charge is 2.36. The Labute approximate surface area is 220 Å². The third-order valence-electron chi connectivity index (χ3n) is 4.98. The second-order valence-corrected chi connectivity index (χ2v) is 7.49. The molecule has 13 nitrogen and oxygen atoms in total. The molecule has 3 rings (SSSR count). The Balaban J connectivity index is 1.89. The van der Waals surface area contributed by atoms with Gasteiger partial charge < -0.3 is 26.0 Å². The molecule has 17 heteroatoms. The molecule has 0 fully saturated rings. The normalized spacial score (nSPS) is 10.7. The number of hydrazine groups is 1. The molecule has 0 aliphatic carbocycles. The number of carbonyl (C=O) groups is 4. The quantitative estimate of drug-likeness (QED) is 0.202. The number of nitriles is 1. The Morgan fingerprint density at radius 3 is 2.05 bits per heavy atom. The number of pyridine rings is 1. The summed E-state index contributed by atoms with van der Waals surface area (Å²) in [7, 11) is 0. The summed E-state index contributed by atoms with van der Waals surface area (Å²) in [6, 6.07) is 8.46. The lowest BCUT2D eigenvalue weighted by atomic mass is 10.0. The third-order valence-corrected chi connectivity index (χ3v) is 4.98. The lowest BCUT2D eigenvalue weighted by Crippen LogP contribution is -2.52. The first-order valence-electron chi connectivity index (χ1n) is 10.5. The second kappa shape index (κ2) is 11.2. The van der Waals surface area contributed by atoms with E-state index in [1.807, 2.05) is 5.32 Å². The van der Waals surface area contributed by atoms with Crippen molar-refractivity contribution >= 4 is 41.5 Å². The van der Waals surface area contributed by atoms with Gasteiger partial charge in [0.2, 0.25) is 0 Å². The van der Waals surface area contributed by atoms with Crippen molar-refractivity contribution in [3.63, 3.8) is 0 Å². The molecule has 0 spiro atoms. The van der Waals surface area contributed by atoms with Gasteiger partial charge in [-0.05, 0) is 42.0 Å². The number of amides is 5. The van der Waals surface area contributed by atoms with Crippen molar-refractivity contribution in [3.05, 3.63) is 71.7 Å². The Kier molecular flexibility index (Phi) is 8.04. The van der Waals surface area contributed by atoms with Crippen LogP contribution in [0.5, 0.6) is 0 Å². The average Bonchev–Trinajstić information content (AvgIpc) is 2.87. The molecule has 0 atom stereocenters. The fourth-order valence-electron chi connectivity index (χ4n) is 3.30. The van der Waals surface area contributed by atoms with Crippen LogP contribution in [0.4, 0.5) is 53.9 Å². The Hall–Kier alpha value is -5.92. The fraction of sp³-hybridized carbons (Fsp3) is 0.0435. The van der Waals surface area contributed by atoms with Gasteiger partial charge in [0.1, 0.15) is 17.4 Å². The van der Waals surface area contributed by atoms with Gasteiger partial charge in [0.15, 0.2) is 5.82 Å². The summed E-state index contributed by atoms with van der Waals surface area (Å²) < 4.78 is 52.5. The minimum absolute atomic E-state index is 0.00323. The summed E-state index contributed by atoms with van der Waals surface area (Å²) in [5, 5.41) is 40.8. The standard InChI is InChI=1S/C23H14F4N6O7/c24-16-6-3-12(23(25,26)27)9-17(16)31-19(34)30-13-4-1-11(2-5-13)14-7-8-29-18(15(14)10-28)32(20(35)36)33(21(37)38)22(39)40/h1-9H,(H,35,36)(H,37,38)(H,39,40)(H2,30,31,34). The van der Waals surface area contributed by atoms with Crippen LogP contribution in [0.1, 0.15) is 11.1 Å². The minimum Gasteiger partial charge on any atom is -0.463 e. The molecule has 3 aromatic rings. The zero-order valence-corrected chi connectivity index (χ0v) is 19.5. The van der Waals surface area contributed by atoms with Crippen LogP contribution < -0.4 is 15.6 Å². The van der Waals surface area contributed by atoms with Crippen LogP contribution in [0.15, 0.2) is 54.7 Å². The summed E-state index contributed by atoms with van der Waals surface area (Å²) in [6.45, 7) is 0. The highest BCUT2D eigenvalue weighted by atomic mass is 19.4. The summed E-state index contributed by atoms with van der Waals surface area (Å²) in [4.78, 5) is 50.3. The van der Waals surface area contributed by atoms with E-state index in [4.69, 9.17) is 10.2 Å². The van der Waals surface area contributed by atoms with Crippen molar-refractivity contribution in [2.24, 2.45) is 0 Å². The molecule has 1 heterocycles. The molecule has 0 aliphatic rings. The van der Waals surface area contributed by atoms with E-state index in [-0.39, 0.29) is 21.8 Å². The van der Waals surface area contributed by atoms with Gasteiger partial charge in [-0.25, -0.2) is 28.6 Å². The van der Waals surface area contributed by atoms with E-state index in [0.717, 1.165) is 6.20 Å². The number of urea groups is 1. The van der Waals surface area contributed by atoms with Crippen molar-refractivity contribution < 1.29 is 52.1 Å². The molecule has 40 heavy (non-hydrogen) atoms. The molecule has 0 unspecified atom stereocenters. The van der Waals surface area contributed by atoms with Gasteiger partial charge in [0.25, 0.3) is 0 Å². The van der Waals surface area contributed by atoms with E-state index < -0.39 is 63.9 Å². The predicted octanol–water partition coefficient (Wildman–Crippen LogP) is 5.48. The van der Waals surface area contributed by atoms with Crippen LogP contribution >= 0.6 is 0 Å². The van der Waals surface area contributed by atoms with Crippen LogP contribution in [0.2, 0.25) is 0 Å². The maximum absolute atomic E-state index is 13.9. The second-order valence-electron chi connectivity index (χ2n) is 7.49. The molecule has 206 valence electrons. The number of benzene rings is 2. The molecule has 2 aromatic carbocycles. The lowest BCUT2D eigenvalue weighted by Gasteiger charge is -2.26. The summed E-state index contributed by atoms with van der Waals surface area (Å²) in [5.74, 6) is -1.95. The van der Waals surface area contributed by atoms with E-state index in [9.17, 15) is 47.1 Å². The van der Waals surface area contributed by atoms with Crippen molar-refractivity contribution in [1.29, 1.82) is 5.26 Å². The number of nitrogens with zero attached hydrogens (tertiary/aromatic N) is 4. The van der Waals surface area contributed by atoms with Crippen LogP contribution in [0.3, 0.4) is 0 Å². The molecule has 1 aromatic heterocycles. The number of aromatic nitrogens is 1. The first kappa shape index (κ1) is 28.6. The van der Waals surface area contributed by atoms with Crippen LogP contribution in [-0.4, -0.2) is 49.6 Å². The first-order valence-corrected chi connectivity index (χ1v) is 10.5. The van der Waals surface area contributed by atoms with E-state index in [0.29, 0.717) is 18.2 Å². The van der Waals surface area contributed by atoms with Crippen LogP contribution in [0.25, 0.3) is 11.1 Å². The smallest absolute Gasteiger partial charge is 0.437 e. The lowest BCUT2D eigenvalue weighted by molar-refractivity contribution is -0.137. The Morgan fingerprint density at radius 2 is 1.52 bits per heavy atom. The maximum Gasteiger partial charge on any atom is 0.437 e. The van der Waals surface area contributed by atoms with E-state index >= 15 is 0 Å². The molecular weight excluding hydrogens is 548 g/mol. The van der Waals surface area contributed by atoms with E-state index in [2.05, 4.69) is 10.3 Å². The number of anilines is 3. The number of carbonyl (C=O) groups excluding carboxylic acids is 1. The Bertz CT molecular complexity index is 1530. The number of carboxylic acid groups (broad SMARTS) is 3. The molecular formula is C23H14F4N6O7. The van der Waals surface area contributed by atoms with Gasteiger partial charge >= 0.3 is 30.5 Å². The molecule has 0 saturated heterocycles. The molecule has 5 amide bonds. The van der Waals surface area contributed by atoms with Crippen molar-refractivity contribution in [2.45, 2.75) is 6.18 Å². The molecule has 0 saturated carbocycles. The number of imide groups is 1. The van der Waals surface area contributed by atoms with E-state index in [1.54, 1.807) is 6.07 Å². The highest BCUT2D eigenvalue weighted by Crippen LogP contribution is 2.33. The third kappa shape index (κ3) is 6.13. The average molecular weight is 562 g/mol. The maximum atomic E-state index is 13.9. The first-order chi connectivity index (χ1) is 18.7. The minimum atomic E-state index is -4.77. The van der Waals surface area contributed by atoms with Crippen molar-refractivity contribution in [1.82, 2.24) is 9.99 Å². The number of nitrogens with one attached hydrogen (secondary N) is 2. The predicted molar refractivity (Wildman–Crippen MR) is 127 cm³/mol. The number of rotatable bonds is 4. The number of halogens is 4. The van der Waals surface area contributed by atoms with E-state index in [1.165, 1.54) is 30.3 Å². The molecule has 0 aliphatic heterocycles. The number of hydrogen-bond acceptors (Lipinski definition) is 6. The van der Waals surface area contributed by atoms with Gasteiger partial charge in [-0.1, -0.05) is 12.1 Å². The van der Waals surface area contributed by atoms with Gasteiger partial charge in [0.05, 0.1) is 11.3 Å². The van der Waals surface area contributed by atoms with Gasteiger partial charge in [0, 0.05) is 17.4 Å². The molecule has 0 radical (unpaired) electrons. The SMILES string of the molecule is N#Cc1c(-c2ccc(NC(=O)Nc3cc(C(F)(F)F)ccc3F)cc2)ccnc1N(C(=O)O)N(C(=O)O)C(=O)O. The topological polar surface area (TPSA) is 196 Å². The summed E-state index contributed by atoms with van der Waals surface area (Å²) in [6.07, 6.45) is -10.2. The summed E-state index contributed by atoms with van der Waals surface area (Å²) >= 11 is 0. The van der Waals surface area contributed by atoms with Crippen LogP contribution in [0, 0.1) is 17.1 Å². The van der Waals surface area contributed by atoms with Gasteiger partial charge in [-0.3, -0.25) is 0 Å². The van der Waals surface area contributed by atoms with Crippen molar-refractivity contribution in [2.75, 3.05) is 15.6 Å². The van der Waals surface area contributed by atoms with Crippen molar-refractivity contribution in [3.8, 4) is 17.2 Å². The van der Waals surface area contributed by atoms with Gasteiger partial charge in [-0.15, -0.1) is 5.01 Å². The highest BCUT2D eigenvalue weighted by molar-refractivity contribution is 6.00. The number of hydrogen-bond donors (Lipinski definition) is 5. The molecule has 5 N–H and O–H groups in total. The fourth-order valence-corrected chi connectivity index (χ4v) is 3.30. The zero-order chi connectivity index (χ0) is 29.8. The van der Waals surface area contributed by atoms with Crippen LogP contribution in [-0.2, 0) is 6.18 Å². The zero-order valence-electron chi connectivity index (χ0n) is 19.5. The Morgan fingerprint density at radius 1 is 0.900 bits per heavy atom. The largest absolute Gasteiger partial charge is 0.463 e. The summed E-state index contributed by atoms with van der Waals surface area (Å²) in [5.41, 5.74) is -2.16.